The summed E-state index contributed by atoms with van der Waals surface area (Å²) in [6, 6.07) is 17.5. The van der Waals surface area contributed by atoms with Crippen molar-refractivity contribution in [1.82, 2.24) is 5.43 Å². The second-order valence-corrected chi connectivity index (χ2v) is 4.27. The summed E-state index contributed by atoms with van der Waals surface area (Å²) < 4.78 is 5.68. The van der Waals surface area contributed by atoms with Gasteiger partial charge in [0.25, 0.3) is 0 Å². The maximum atomic E-state index is 10.7. The van der Waals surface area contributed by atoms with Gasteiger partial charge >= 0.3 is 0 Å². The molecule has 0 radical (unpaired) electrons. The summed E-state index contributed by atoms with van der Waals surface area (Å²) >= 11 is 0. The van der Waals surface area contributed by atoms with E-state index in [9.17, 15) is 4.79 Å². The first-order chi connectivity index (χ1) is 9.74. The summed E-state index contributed by atoms with van der Waals surface area (Å²) in [6.07, 6.45) is 1.59. The standard InChI is InChI=1S/C16H16N2O2/c1-13(19)18-17-11-14-7-9-16(10-8-14)20-12-15-5-3-2-4-6-15/h2-11H,12H2,1H3,(H,18,19)/b17-11+. The molecule has 0 aliphatic carbocycles. The van der Waals surface area contributed by atoms with Crippen molar-refractivity contribution < 1.29 is 9.53 Å². The Morgan fingerprint density at radius 2 is 1.85 bits per heavy atom. The fourth-order valence-corrected chi connectivity index (χ4v) is 1.59. The van der Waals surface area contributed by atoms with Crippen LogP contribution in [0.25, 0.3) is 0 Å². The molecule has 0 fully saturated rings. The molecule has 0 unspecified atom stereocenters. The number of hydrogen-bond donors (Lipinski definition) is 1. The van der Waals surface area contributed by atoms with E-state index in [1.165, 1.54) is 6.92 Å². The lowest BCUT2D eigenvalue weighted by Crippen LogP contribution is -2.12. The lowest BCUT2D eigenvalue weighted by Gasteiger charge is -2.06. The van der Waals surface area contributed by atoms with E-state index >= 15 is 0 Å². The second kappa shape index (κ2) is 7.09. The van der Waals surface area contributed by atoms with Crippen molar-refractivity contribution in [2.75, 3.05) is 0 Å². The molecule has 1 amide bonds. The Morgan fingerprint density at radius 3 is 2.50 bits per heavy atom. The molecule has 4 heteroatoms. The number of ether oxygens (including phenoxy) is 1. The second-order valence-electron chi connectivity index (χ2n) is 4.27. The van der Waals surface area contributed by atoms with E-state index in [-0.39, 0.29) is 5.91 Å². The Hall–Kier alpha value is -2.62. The van der Waals surface area contributed by atoms with Gasteiger partial charge in [-0.2, -0.15) is 5.10 Å². The van der Waals surface area contributed by atoms with E-state index < -0.39 is 0 Å². The van der Waals surface area contributed by atoms with Crippen molar-refractivity contribution in [1.29, 1.82) is 0 Å². The molecule has 0 saturated heterocycles. The van der Waals surface area contributed by atoms with Crippen molar-refractivity contribution in [3.05, 3.63) is 65.7 Å². The third-order valence-electron chi connectivity index (χ3n) is 2.56. The highest BCUT2D eigenvalue weighted by atomic mass is 16.5. The minimum Gasteiger partial charge on any atom is -0.489 e. The average Bonchev–Trinajstić information content (AvgIpc) is 2.47. The highest BCUT2D eigenvalue weighted by molar-refractivity contribution is 5.81. The Balaban J connectivity index is 1.88. The van der Waals surface area contributed by atoms with Crippen molar-refractivity contribution in [3.63, 3.8) is 0 Å². The van der Waals surface area contributed by atoms with Gasteiger partial charge in [-0.05, 0) is 35.4 Å². The zero-order chi connectivity index (χ0) is 14.2. The van der Waals surface area contributed by atoms with Gasteiger partial charge in [0.2, 0.25) is 5.91 Å². The topological polar surface area (TPSA) is 50.7 Å². The Bertz CT molecular complexity index is 577. The van der Waals surface area contributed by atoms with Gasteiger partial charge in [-0.25, -0.2) is 5.43 Å². The van der Waals surface area contributed by atoms with Crippen LogP contribution < -0.4 is 10.2 Å². The van der Waals surface area contributed by atoms with Crippen LogP contribution in [-0.2, 0) is 11.4 Å². The molecule has 0 aliphatic heterocycles. The summed E-state index contributed by atoms with van der Waals surface area (Å²) in [5, 5.41) is 3.80. The van der Waals surface area contributed by atoms with Crippen LogP contribution in [0.2, 0.25) is 0 Å². The summed E-state index contributed by atoms with van der Waals surface area (Å²) in [5.74, 6) is 0.606. The summed E-state index contributed by atoms with van der Waals surface area (Å²) in [5.41, 5.74) is 4.38. The third-order valence-corrected chi connectivity index (χ3v) is 2.56. The molecule has 20 heavy (non-hydrogen) atoms. The largest absolute Gasteiger partial charge is 0.489 e. The molecule has 2 aromatic rings. The number of nitrogens with one attached hydrogen (secondary N) is 1. The van der Waals surface area contributed by atoms with Crippen LogP contribution >= 0.6 is 0 Å². The van der Waals surface area contributed by atoms with Gasteiger partial charge in [0.05, 0.1) is 6.21 Å². The maximum absolute atomic E-state index is 10.7. The minimum atomic E-state index is -0.191. The van der Waals surface area contributed by atoms with E-state index in [4.69, 9.17) is 4.74 Å². The lowest BCUT2D eigenvalue weighted by molar-refractivity contribution is -0.118. The van der Waals surface area contributed by atoms with Crippen LogP contribution in [0.4, 0.5) is 0 Å². The van der Waals surface area contributed by atoms with E-state index in [1.54, 1.807) is 6.21 Å². The van der Waals surface area contributed by atoms with Gasteiger partial charge in [-0.3, -0.25) is 4.79 Å². The number of amides is 1. The predicted molar refractivity (Wildman–Crippen MR) is 78.6 cm³/mol. The van der Waals surface area contributed by atoms with Crippen LogP contribution in [0.15, 0.2) is 59.7 Å². The van der Waals surface area contributed by atoms with Gasteiger partial charge in [0.1, 0.15) is 12.4 Å². The molecule has 1 N–H and O–H groups in total. The highest BCUT2D eigenvalue weighted by Crippen LogP contribution is 2.13. The van der Waals surface area contributed by atoms with Gasteiger partial charge in [0.15, 0.2) is 0 Å². The van der Waals surface area contributed by atoms with Crippen molar-refractivity contribution in [3.8, 4) is 5.75 Å². The smallest absolute Gasteiger partial charge is 0.236 e. The first-order valence-electron chi connectivity index (χ1n) is 6.30. The van der Waals surface area contributed by atoms with Crippen molar-refractivity contribution in [2.45, 2.75) is 13.5 Å². The van der Waals surface area contributed by atoms with Crippen LogP contribution in [-0.4, -0.2) is 12.1 Å². The van der Waals surface area contributed by atoms with Gasteiger partial charge in [0, 0.05) is 6.92 Å². The summed E-state index contributed by atoms with van der Waals surface area (Å²) in [4.78, 5) is 10.7. The maximum Gasteiger partial charge on any atom is 0.236 e. The number of benzene rings is 2. The molecule has 2 rings (SSSR count). The average molecular weight is 268 g/mol. The Kier molecular flexibility index (Phi) is 4.89. The number of nitrogens with zero attached hydrogens (tertiary/aromatic N) is 1. The Labute approximate surface area is 118 Å². The fraction of sp³-hybridized carbons (Fsp3) is 0.125. The zero-order valence-corrected chi connectivity index (χ0v) is 11.2. The normalized spacial score (nSPS) is 10.4. The molecular formula is C16H16N2O2. The number of hydrazone groups is 1. The van der Waals surface area contributed by atoms with Gasteiger partial charge in [-0.1, -0.05) is 30.3 Å². The minimum absolute atomic E-state index is 0.191. The monoisotopic (exact) mass is 268 g/mol. The molecule has 0 spiro atoms. The molecular weight excluding hydrogens is 252 g/mol. The van der Waals surface area contributed by atoms with E-state index in [1.807, 2.05) is 54.6 Å². The van der Waals surface area contributed by atoms with E-state index in [2.05, 4.69) is 10.5 Å². The van der Waals surface area contributed by atoms with Gasteiger partial charge in [-0.15, -0.1) is 0 Å². The number of carbonyl (C=O) groups is 1. The van der Waals surface area contributed by atoms with Crippen molar-refractivity contribution in [2.24, 2.45) is 5.10 Å². The quantitative estimate of drug-likeness (QED) is 0.669. The van der Waals surface area contributed by atoms with Crippen LogP contribution in [0.3, 0.4) is 0 Å². The zero-order valence-electron chi connectivity index (χ0n) is 11.2. The number of rotatable bonds is 5. The molecule has 102 valence electrons. The van der Waals surface area contributed by atoms with Crippen LogP contribution in [0.5, 0.6) is 5.75 Å². The van der Waals surface area contributed by atoms with Crippen LogP contribution in [0.1, 0.15) is 18.1 Å². The summed E-state index contributed by atoms with van der Waals surface area (Å²) in [7, 11) is 0. The number of carbonyl (C=O) groups excluding carboxylic acids is 1. The SMILES string of the molecule is CC(=O)N/N=C/c1ccc(OCc2ccccc2)cc1. The highest BCUT2D eigenvalue weighted by Gasteiger charge is 1.96. The molecule has 0 saturated carbocycles. The third kappa shape index (κ3) is 4.57. The van der Waals surface area contributed by atoms with E-state index in [0.29, 0.717) is 6.61 Å². The van der Waals surface area contributed by atoms with E-state index in [0.717, 1.165) is 16.9 Å². The van der Waals surface area contributed by atoms with Crippen LogP contribution in [0, 0.1) is 0 Å². The van der Waals surface area contributed by atoms with Crippen molar-refractivity contribution >= 4 is 12.1 Å². The fourth-order valence-electron chi connectivity index (χ4n) is 1.59. The molecule has 0 aromatic heterocycles. The molecule has 0 bridgehead atoms. The first kappa shape index (κ1) is 13.8. The molecule has 2 aromatic carbocycles. The number of hydrogen-bond acceptors (Lipinski definition) is 3. The van der Waals surface area contributed by atoms with Gasteiger partial charge < -0.3 is 4.74 Å². The summed E-state index contributed by atoms with van der Waals surface area (Å²) in [6.45, 7) is 1.96. The molecule has 0 heterocycles. The first-order valence-corrected chi connectivity index (χ1v) is 6.30. The molecule has 4 nitrogen and oxygen atoms in total. The lowest BCUT2D eigenvalue weighted by atomic mass is 10.2. The molecule has 0 aliphatic rings. The Morgan fingerprint density at radius 1 is 1.15 bits per heavy atom. The predicted octanol–water partition coefficient (Wildman–Crippen LogP) is 2.74. The molecule has 0 atom stereocenters.